The number of sulfonamides is 1. The fraction of sp³-hybridized carbons (Fsp3) is 0.133. The monoisotopic (exact) mass is 397 g/mol. The molecule has 0 bridgehead atoms. The van der Waals surface area contributed by atoms with E-state index in [0.29, 0.717) is 16.1 Å². The van der Waals surface area contributed by atoms with Gasteiger partial charge in [0, 0.05) is 5.02 Å². The standard InChI is InChI=1S/C15H12ClN3O4S2/c16-10-6-4-9(5-7-10)12(8-14(20)21)19-25(22,23)13-3-1-2-11-15(13)18-24-17-11/h1-7,12,19H,8H2,(H,20,21)/t12-/m0/s1. The van der Waals surface area contributed by atoms with Crippen LogP contribution >= 0.6 is 23.3 Å². The maximum absolute atomic E-state index is 12.8. The molecule has 0 fully saturated rings. The Morgan fingerprint density at radius 3 is 2.60 bits per heavy atom. The lowest BCUT2D eigenvalue weighted by molar-refractivity contribution is -0.137. The maximum Gasteiger partial charge on any atom is 0.305 e. The summed E-state index contributed by atoms with van der Waals surface area (Å²) in [6.07, 6.45) is -0.411. The molecule has 3 rings (SSSR count). The van der Waals surface area contributed by atoms with Gasteiger partial charge >= 0.3 is 5.97 Å². The van der Waals surface area contributed by atoms with Crippen LogP contribution in [0.1, 0.15) is 18.0 Å². The molecule has 1 aromatic heterocycles. The highest BCUT2D eigenvalue weighted by molar-refractivity contribution is 7.89. The summed E-state index contributed by atoms with van der Waals surface area (Å²) in [5.74, 6) is -1.13. The summed E-state index contributed by atoms with van der Waals surface area (Å²) >= 11 is 6.74. The van der Waals surface area contributed by atoms with E-state index in [9.17, 15) is 13.2 Å². The lowest BCUT2D eigenvalue weighted by atomic mass is 10.1. The normalized spacial score (nSPS) is 13.0. The van der Waals surface area contributed by atoms with Crippen molar-refractivity contribution in [1.29, 1.82) is 0 Å². The number of carboxylic acids is 1. The molecule has 0 saturated carbocycles. The smallest absolute Gasteiger partial charge is 0.305 e. The van der Waals surface area contributed by atoms with Crippen molar-refractivity contribution in [3.05, 3.63) is 53.1 Å². The molecular weight excluding hydrogens is 386 g/mol. The summed E-state index contributed by atoms with van der Waals surface area (Å²) in [5, 5.41) is 9.60. The minimum atomic E-state index is -4.00. The average Bonchev–Trinajstić information content (AvgIpc) is 3.02. The zero-order chi connectivity index (χ0) is 18.0. The minimum Gasteiger partial charge on any atom is -0.481 e. The van der Waals surface area contributed by atoms with Gasteiger partial charge < -0.3 is 5.11 Å². The summed E-state index contributed by atoms with van der Waals surface area (Å²) in [7, 11) is -4.00. The average molecular weight is 398 g/mol. The number of carbonyl (C=O) groups is 1. The number of hydrogen-bond donors (Lipinski definition) is 2. The summed E-state index contributed by atoms with van der Waals surface area (Å²) < 4.78 is 36.0. The molecule has 10 heteroatoms. The zero-order valence-electron chi connectivity index (χ0n) is 12.6. The van der Waals surface area contributed by atoms with Crippen LogP contribution in [-0.2, 0) is 14.8 Å². The van der Waals surface area contributed by atoms with Crippen molar-refractivity contribution in [2.45, 2.75) is 17.4 Å². The van der Waals surface area contributed by atoms with Gasteiger partial charge in [0.25, 0.3) is 0 Å². The SMILES string of the molecule is O=C(O)C[C@H](NS(=O)(=O)c1cccc2nsnc12)c1ccc(Cl)cc1. The second-order valence-corrected chi connectivity index (χ2v) is 7.86. The fourth-order valence-corrected chi connectivity index (χ4v) is 4.46. The Morgan fingerprint density at radius 2 is 1.92 bits per heavy atom. The molecule has 0 unspecified atom stereocenters. The second-order valence-electron chi connectivity index (χ2n) is 5.21. The Balaban J connectivity index is 1.99. The van der Waals surface area contributed by atoms with Crippen LogP contribution < -0.4 is 4.72 Å². The van der Waals surface area contributed by atoms with E-state index in [0.717, 1.165) is 11.7 Å². The number of rotatable bonds is 6. The molecule has 0 aliphatic heterocycles. The van der Waals surface area contributed by atoms with E-state index in [1.54, 1.807) is 36.4 Å². The third kappa shape index (κ3) is 3.96. The van der Waals surface area contributed by atoms with Crippen LogP contribution in [0.15, 0.2) is 47.4 Å². The van der Waals surface area contributed by atoms with Crippen molar-refractivity contribution < 1.29 is 18.3 Å². The van der Waals surface area contributed by atoms with E-state index >= 15 is 0 Å². The van der Waals surface area contributed by atoms with E-state index in [1.807, 2.05) is 0 Å². The van der Waals surface area contributed by atoms with Gasteiger partial charge in [0.05, 0.1) is 24.2 Å². The van der Waals surface area contributed by atoms with E-state index in [1.165, 1.54) is 6.07 Å². The molecule has 25 heavy (non-hydrogen) atoms. The molecular formula is C15H12ClN3O4S2. The number of halogens is 1. The van der Waals surface area contributed by atoms with Crippen LogP contribution in [0, 0.1) is 0 Å². The Bertz CT molecular complexity index is 1020. The minimum absolute atomic E-state index is 0.0388. The van der Waals surface area contributed by atoms with Crippen LogP contribution in [0.5, 0.6) is 0 Å². The van der Waals surface area contributed by atoms with Gasteiger partial charge in [0.2, 0.25) is 10.0 Å². The topological polar surface area (TPSA) is 109 Å². The first-order valence-corrected chi connectivity index (χ1v) is 9.67. The van der Waals surface area contributed by atoms with Gasteiger partial charge in [0.15, 0.2) is 0 Å². The van der Waals surface area contributed by atoms with Gasteiger partial charge in [0.1, 0.15) is 15.9 Å². The molecule has 2 aromatic carbocycles. The largest absolute Gasteiger partial charge is 0.481 e. The van der Waals surface area contributed by atoms with E-state index in [2.05, 4.69) is 13.5 Å². The molecule has 0 aliphatic carbocycles. The van der Waals surface area contributed by atoms with Crippen molar-refractivity contribution in [1.82, 2.24) is 13.5 Å². The summed E-state index contributed by atoms with van der Waals surface area (Å²) in [6.45, 7) is 0. The van der Waals surface area contributed by atoms with Crippen molar-refractivity contribution in [2.75, 3.05) is 0 Å². The molecule has 0 radical (unpaired) electrons. The number of aromatic nitrogens is 2. The number of benzene rings is 2. The Hall–Kier alpha value is -2.07. The number of nitrogens with zero attached hydrogens (tertiary/aromatic N) is 2. The Kier molecular flexibility index (Phi) is 5.00. The quantitative estimate of drug-likeness (QED) is 0.661. The summed E-state index contributed by atoms with van der Waals surface area (Å²) in [5.41, 5.74) is 1.22. The molecule has 2 N–H and O–H groups in total. The predicted octanol–water partition coefficient (Wildman–Crippen LogP) is 2.84. The molecule has 0 saturated heterocycles. The van der Waals surface area contributed by atoms with Crippen molar-refractivity contribution in [3.8, 4) is 0 Å². The van der Waals surface area contributed by atoms with Gasteiger partial charge in [-0.25, -0.2) is 13.1 Å². The number of aliphatic carboxylic acids is 1. The molecule has 0 amide bonds. The first kappa shape index (κ1) is 17.7. The number of nitrogens with one attached hydrogen (secondary N) is 1. The first-order chi connectivity index (χ1) is 11.9. The van der Waals surface area contributed by atoms with Gasteiger partial charge in [-0.3, -0.25) is 4.79 Å². The molecule has 1 heterocycles. The molecule has 0 spiro atoms. The zero-order valence-corrected chi connectivity index (χ0v) is 15.0. The molecule has 3 aromatic rings. The highest BCUT2D eigenvalue weighted by atomic mass is 35.5. The van der Waals surface area contributed by atoms with E-state index in [-0.39, 0.29) is 10.4 Å². The summed E-state index contributed by atoms with van der Waals surface area (Å²) in [6, 6.07) is 10.0. The number of carboxylic acid groups (broad SMARTS) is 1. The van der Waals surface area contributed by atoms with Crippen LogP contribution in [-0.4, -0.2) is 28.2 Å². The molecule has 130 valence electrons. The Morgan fingerprint density at radius 1 is 1.20 bits per heavy atom. The highest BCUT2D eigenvalue weighted by Gasteiger charge is 2.26. The van der Waals surface area contributed by atoms with Gasteiger partial charge in [-0.2, -0.15) is 8.75 Å². The van der Waals surface area contributed by atoms with Crippen molar-refractivity contribution >= 4 is 50.4 Å². The number of hydrogen-bond acceptors (Lipinski definition) is 6. The first-order valence-electron chi connectivity index (χ1n) is 7.08. The van der Waals surface area contributed by atoms with E-state index in [4.69, 9.17) is 16.7 Å². The predicted molar refractivity (Wildman–Crippen MR) is 94.2 cm³/mol. The third-order valence-corrected chi connectivity index (χ3v) is 5.78. The van der Waals surface area contributed by atoms with Crippen LogP contribution in [0.4, 0.5) is 0 Å². The van der Waals surface area contributed by atoms with E-state index < -0.39 is 28.5 Å². The van der Waals surface area contributed by atoms with Crippen molar-refractivity contribution in [2.24, 2.45) is 0 Å². The Labute approximate surface area is 152 Å². The molecule has 7 nitrogen and oxygen atoms in total. The lowest BCUT2D eigenvalue weighted by Crippen LogP contribution is -2.30. The fourth-order valence-electron chi connectivity index (χ4n) is 2.35. The van der Waals surface area contributed by atoms with Gasteiger partial charge in [-0.1, -0.05) is 29.8 Å². The number of fused-ring (bicyclic) bond motifs is 1. The van der Waals surface area contributed by atoms with Crippen LogP contribution in [0.25, 0.3) is 11.0 Å². The highest BCUT2D eigenvalue weighted by Crippen LogP contribution is 2.25. The van der Waals surface area contributed by atoms with Crippen LogP contribution in [0.3, 0.4) is 0 Å². The van der Waals surface area contributed by atoms with Gasteiger partial charge in [-0.05, 0) is 29.8 Å². The molecule has 1 atom stereocenters. The molecule has 0 aliphatic rings. The second kappa shape index (κ2) is 7.04. The lowest BCUT2D eigenvalue weighted by Gasteiger charge is -2.18. The van der Waals surface area contributed by atoms with Crippen molar-refractivity contribution in [3.63, 3.8) is 0 Å². The summed E-state index contributed by atoms with van der Waals surface area (Å²) in [4.78, 5) is 11.1. The van der Waals surface area contributed by atoms with Gasteiger partial charge in [-0.15, -0.1) is 0 Å². The maximum atomic E-state index is 12.8. The van der Waals surface area contributed by atoms with Crippen LogP contribution in [0.2, 0.25) is 5.02 Å². The third-order valence-electron chi connectivity index (χ3n) is 3.49.